The van der Waals surface area contributed by atoms with Crippen molar-refractivity contribution >= 4 is 17.3 Å². The number of nitro groups is 1. The van der Waals surface area contributed by atoms with Gasteiger partial charge < -0.3 is 4.57 Å². The van der Waals surface area contributed by atoms with Crippen molar-refractivity contribution in [3.63, 3.8) is 0 Å². The maximum Gasteiger partial charge on any atom is 0.275 e. The van der Waals surface area contributed by atoms with Gasteiger partial charge >= 0.3 is 0 Å². The van der Waals surface area contributed by atoms with Crippen molar-refractivity contribution in [3.8, 4) is 0 Å². The summed E-state index contributed by atoms with van der Waals surface area (Å²) >= 11 is 6.05. The second kappa shape index (κ2) is 5.18. The van der Waals surface area contributed by atoms with Gasteiger partial charge in [-0.25, -0.2) is 4.98 Å². The van der Waals surface area contributed by atoms with Crippen LogP contribution in [-0.2, 0) is 13.0 Å². The zero-order valence-corrected chi connectivity index (χ0v) is 10.6. The molecule has 0 N–H and O–H groups in total. The van der Waals surface area contributed by atoms with E-state index in [-0.39, 0.29) is 5.69 Å². The second-order valence-corrected chi connectivity index (χ2v) is 4.23. The van der Waals surface area contributed by atoms with Crippen molar-refractivity contribution in [1.82, 2.24) is 9.55 Å². The Morgan fingerprint density at radius 2 is 2.28 bits per heavy atom. The molecule has 5 nitrogen and oxygen atoms in total. The summed E-state index contributed by atoms with van der Waals surface area (Å²) < 4.78 is 1.87. The van der Waals surface area contributed by atoms with E-state index in [0.717, 1.165) is 12.2 Å². The highest BCUT2D eigenvalue weighted by Gasteiger charge is 2.17. The Morgan fingerprint density at radius 3 is 2.94 bits per heavy atom. The SMILES string of the molecule is CCc1nccn1Cc1c(Cl)cccc1[N+](=O)[O-]. The molecular formula is C12H12ClN3O2. The predicted molar refractivity (Wildman–Crippen MR) is 68.8 cm³/mol. The first-order valence-electron chi connectivity index (χ1n) is 5.55. The highest BCUT2D eigenvalue weighted by atomic mass is 35.5. The third-order valence-corrected chi connectivity index (χ3v) is 3.09. The highest BCUT2D eigenvalue weighted by Crippen LogP contribution is 2.27. The molecule has 0 unspecified atom stereocenters. The summed E-state index contributed by atoms with van der Waals surface area (Å²) in [7, 11) is 0. The molecule has 1 heterocycles. The molecule has 6 heteroatoms. The normalized spacial score (nSPS) is 10.6. The van der Waals surface area contributed by atoms with Gasteiger partial charge in [0.1, 0.15) is 5.82 Å². The average molecular weight is 266 g/mol. The van der Waals surface area contributed by atoms with Crippen molar-refractivity contribution in [2.45, 2.75) is 19.9 Å². The van der Waals surface area contributed by atoms with E-state index in [4.69, 9.17) is 11.6 Å². The van der Waals surface area contributed by atoms with Crippen LogP contribution in [0, 0.1) is 10.1 Å². The molecule has 0 aliphatic heterocycles. The van der Waals surface area contributed by atoms with Crippen molar-refractivity contribution in [1.29, 1.82) is 0 Å². The van der Waals surface area contributed by atoms with Crippen molar-refractivity contribution in [2.24, 2.45) is 0 Å². The lowest BCUT2D eigenvalue weighted by molar-refractivity contribution is -0.385. The Morgan fingerprint density at radius 1 is 1.50 bits per heavy atom. The van der Waals surface area contributed by atoms with Crippen LogP contribution < -0.4 is 0 Å². The number of aryl methyl sites for hydroxylation is 1. The van der Waals surface area contributed by atoms with Gasteiger partial charge in [-0.1, -0.05) is 24.6 Å². The third kappa shape index (κ3) is 2.36. The van der Waals surface area contributed by atoms with Gasteiger partial charge in [-0.2, -0.15) is 0 Å². The summed E-state index contributed by atoms with van der Waals surface area (Å²) in [4.78, 5) is 14.8. The zero-order chi connectivity index (χ0) is 13.1. The molecule has 94 valence electrons. The van der Waals surface area contributed by atoms with Crippen LogP contribution in [0.15, 0.2) is 30.6 Å². The van der Waals surface area contributed by atoms with Crippen molar-refractivity contribution < 1.29 is 4.92 Å². The van der Waals surface area contributed by atoms with E-state index in [1.807, 2.05) is 11.5 Å². The molecule has 0 spiro atoms. The number of benzene rings is 1. The number of aromatic nitrogens is 2. The van der Waals surface area contributed by atoms with Crippen LogP contribution in [-0.4, -0.2) is 14.5 Å². The fourth-order valence-electron chi connectivity index (χ4n) is 1.84. The highest BCUT2D eigenvalue weighted by molar-refractivity contribution is 6.31. The molecule has 0 bridgehead atoms. The minimum absolute atomic E-state index is 0.0400. The molecule has 0 saturated carbocycles. The molecule has 2 aromatic rings. The third-order valence-electron chi connectivity index (χ3n) is 2.74. The maximum absolute atomic E-state index is 11.0. The van der Waals surface area contributed by atoms with Gasteiger partial charge in [0.25, 0.3) is 5.69 Å². The Labute approximate surface area is 109 Å². The van der Waals surface area contributed by atoms with E-state index in [2.05, 4.69) is 4.98 Å². The van der Waals surface area contributed by atoms with Gasteiger partial charge in [0.15, 0.2) is 0 Å². The molecule has 1 aromatic carbocycles. The maximum atomic E-state index is 11.0. The van der Waals surface area contributed by atoms with Crippen LogP contribution in [0.1, 0.15) is 18.3 Å². The Kier molecular flexibility index (Phi) is 3.62. The largest absolute Gasteiger partial charge is 0.330 e. The molecule has 0 saturated heterocycles. The van der Waals surface area contributed by atoms with Gasteiger partial charge in [0.05, 0.1) is 22.1 Å². The molecule has 0 aliphatic rings. The van der Waals surface area contributed by atoms with E-state index in [1.165, 1.54) is 6.07 Å². The summed E-state index contributed by atoms with van der Waals surface area (Å²) in [6, 6.07) is 4.70. The van der Waals surface area contributed by atoms with Gasteiger partial charge in [-0.05, 0) is 6.07 Å². The van der Waals surface area contributed by atoms with Crippen LogP contribution >= 0.6 is 11.6 Å². The summed E-state index contributed by atoms with van der Waals surface area (Å²) in [5.41, 5.74) is 0.551. The van der Waals surface area contributed by atoms with Crippen LogP contribution in [0.25, 0.3) is 0 Å². The monoisotopic (exact) mass is 265 g/mol. The minimum atomic E-state index is -0.413. The van der Waals surface area contributed by atoms with Crippen LogP contribution in [0.2, 0.25) is 5.02 Å². The average Bonchev–Trinajstić information content (AvgIpc) is 2.78. The van der Waals surface area contributed by atoms with E-state index in [9.17, 15) is 10.1 Å². The van der Waals surface area contributed by atoms with E-state index in [1.54, 1.807) is 24.5 Å². The van der Waals surface area contributed by atoms with E-state index < -0.39 is 4.92 Å². The Bertz CT molecular complexity index is 580. The number of nitrogens with zero attached hydrogens (tertiary/aromatic N) is 3. The predicted octanol–water partition coefficient (Wildman–Crippen LogP) is 3.06. The summed E-state index contributed by atoms with van der Waals surface area (Å²) in [6.07, 6.45) is 4.25. The lowest BCUT2D eigenvalue weighted by Crippen LogP contribution is -2.06. The minimum Gasteiger partial charge on any atom is -0.330 e. The zero-order valence-electron chi connectivity index (χ0n) is 9.84. The number of rotatable bonds is 4. The van der Waals surface area contributed by atoms with Gasteiger partial charge in [0, 0.05) is 24.9 Å². The van der Waals surface area contributed by atoms with Gasteiger partial charge in [-0.15, -0.1) is 0 Å². The molecular weight excluding hydrogens is 254 g/mol. The van der Waals surface area contributed by atoms with Crippen LogP contribution in [0.3, 0.4) is 0 Å². The molecule has 0 radical (unpaired) electrons. The fraction of sp³-hybridized carbons (Fsp3) is 0.250. The molecule has 0 atom stereocenters. The van der Waals surface area contributed by atoms with Crippen molar-refractivity contribution in [2.75, 3.05) is 0 Å². The lowest BCUT2D eigenvalue weighted by atomic mass is 10.1. The molecule has 0 amide bonds. The summed E-state index contributed by atoms with van der Waals surface area (Å²) in [6.45, 7) is 2.35. The van der Waals surface area contributed by atoms with Crippen LogP contribution in [0.4, 0.5) is 5.69 Å². The topological polar surface area (TPSA) is 61.0 Å². The fourth-order valence-corrected chi connectivity index (χ4v) is 2.07. The molecule has 1 aromatic heterocycles. The second-order valence-electron chi connectivity index (χ2n) is 3.82. The van der Waals surface area contributed by atoms with Crippen molar-refractivity contribution in [3.05, 3.63) is 57.1 Å². The molecule has 18 heavy (non-hydrogen) atoms. The summed E-state index contributed by atoms with van der Waals surface area (Å²) in [5.74, 6) is 0.879. The van der Waals surface area contributed by atoms with Gasteiger partial charge in [-0.3, -0.25) is 10.1 Å². The first-order valence-corrected chi connectivity index (χ1v) is 5.93. The number of halogens is 1. The first kappa shape index (κ1) is 12.6. The molecule has 0 aliphatic carbocycles. The molecule has 2 rings (SSSR count). The lowest BCUT2D eigenvalue weighted by Gasteiger charge is -2.08. The van der Waals surface area contributed by atoms with E-state index in [0.29, 0.717) is 17.1 Å². The smallest absolute Gasteiger partial charge is 0.275 e. The number of hydrogen-bond acceptors (Lipinski definition) is 3. The van der Waals surface area contributed by atoms with Crippen LogP contribution in [0.5, 0.6) is 0 Å². The standard InChI is InChI=1S/C12H12ClN3O2/c1-2-12-14-6-7-15(12)8-9-10(13)4-3-5-11(9)16(17)18/h3-7H,2,8H2,1H3. The Hall–Kier alpha value is -1.88. The van der Waals surface area contributed by atoms with E-state index >= 15 is 0 Å². The van der Waals surface area contributed by atoms with Gasteiger partial charge in [0.2, 0.25) is 0 Å². The number of nitro benzene ring substituents is 1. The number of hydrogen-bond donors (Lipinski definition) is 0. The number of imidazole rings is 1. The quantitative estimate of drug-likeness (QED) is 0.630. The molecule has 0 fully saturated rings. The first-order chi connectivity index (χ1) is 8.63. The summed E-state index contributed by atoms with van der Waals surface area (Å²) in [5, 5.41) is 11.4. The Balaban J connectivity index is 2.42.